The Hall–Kier alpha value is -2.85. The molecule has 2 amide bonds. The normalized spacial score (nSPS) is 14.9. The maximum absolute atomic E-state index is 12.0. The van der Waals surface area contributed by atoms with Crippen LogP contribution in [0.15, 0.2) is 29.8 Å². The van der Waals surface area contributed by atoms with Crippen LogP contribution < -0.4 is 5.32 Å². The topological polar surface area (TPSA) is 103 Å². The summed E-state index contributed by atoms with van der Waals surface area (Å²) in [4.78, 5) is 25.5. The minimum Gasteiger partial charge on any atom is -0.508 e. The highest BCUT2D eigenvalue weighted by Gasteiger charge is 2.18. The summed E-state index contributed by atoms with van der Waals surface area (Å²) in [7, 11) is 0. The minimum absolute atomic E-state index is 0.0983. The first-order valence-electron chi connectivity index (χ1n) is 7.14. The number of aromatic hydroxyl groups is 1. The van der Waals surface area contributed by atoms with Crippen molar-refractivity contribution in [2.45, 2.75) is 0 Å². The first-order chi connectivity index (χ1) is 11.1. The van der Waals surface area contributed by atoms with Gasteiger partial charge in [0, 0.05) is 13.1 Å². The van der Waals surface area contributed by atoms with Gasteiger partial charge >= 0.3 is 0 Å². The molecule has 0 saturated carbocycles. The quantitative estimate of drug-likeness (QED) is 0.613. The number of nitriles is 1. The molecule has 1 aliphatic rings. The number of ether oxygens (including phenoxy) is 1. The van der Waals surface area contributed by atoms with Gasteiger partial charge in [0.1, 0.15) is 17.4 Å². The summed E-state index contributed by atoms with van der Waals surface area (Å²) >= 11 is 0. The number of morpholine rings is 1. The summed E-state index contributed by atoms with van der Waals surface area (Å²) in [5.41, 5.74) is 0.500. The van der Waals surface area contributed by atoms with Crippen molar-refractivity contribution in [3.63, 3.8) is 0 Å². The lowest BCUT2D eigenvalue weighted by atomic mass is 10.1. The van der Waals surface area contributed by atoms with Crippen LogP contribution in [0.3, 0.4) is 0 Å². The molecular formula is C16H17N3O4. The summed E-state index contributed by atoms with van der Waals surface area (Å²) in [5, 5.41) is 20.7. The van der Waals surface area contributed by atoms with Crippen molar-refractivity contribution in [3.8, 4) is 11.8 Å². The summed E-state index contributed by atoms with van der Waals surface area (Å²) in [6, 6.07) is 7.89. The zero-order valence-corrected chi connectivity index (χ0v) is 12.5. The molecule has 1 fully saturated rings. The first kappa shape index (κ1) is 16.5. The minimum atomic E-state index is -0.609. The molecule has 0 aromatic heterocycles. The predicted molar refractivity (Wildman–Crippen MR) is 82.1 cm³/mol. The number of amides is 2. The Balaban J connectivity index is 1.93. The van der Waals surface area contributed by atoms with Crippen LogP contribution in [0, 0.1) is 11.3 Å². The Bertz CT molecular complexity index is 640. The summed E-state index contributed by atoms with van der Waals surface area (Å²) in [6.07, 6.45) is 1.40. The number of nitrogens with one attached hydrogen (secondary N) is 1. The van der Waals surface area contributed by atoms with Crippen LogP contribution in [0.2, 0.25) is 0 Å². The molecule has 7 heteroatoms. The van der Waals surface area contributed by atoms with E-state index in [2.05, 4.69) is 5.32 Å². The molecule has 7 nitrogen and oxygen atoms in total. The Kier molecular flexibility index (Phi) is 5.72. The zero-order chi connectivity index (χ0) is 16.7. The number of carbonyl (C=O) groups excluding carboxylic acids is 2. The lowest BCUT2D eigenvalue weighted by Crippen LogP contribution is -2.45. The second-order valence-electron chi connectivity index (χ2n) is 4.94. The van der Waals surface area contributed by atoms with E-state index >= 15 is 0 Å². The van der Waals surface area contributed by atoms with Gasteiger partial charge < -0.3 is 20.1 Å². The molecule has 0 spiro atoms. The van der Waals surface area contributed by atoms with Gasteiger partial charge in [-0.05, 0) is 23.8 Å². The van der Waals surface area contributed by atoms with Crippen LogP contribution in [0.25, 0.3) is 6.08 Å². The van der Waals surface area contributed by atoms with Gasteiger partial charge in [-0.25, -0.2) is 0 Å². The lowest BCUT2D eigenvalue weighted by Gasteiger charge is -2.26. The number of nitrogens with zero attached hydrogens (tertiary/aromatic N) is 2. The third-order valence-corrected chi connectivity index (χ3v) is 3.33. The SMILES string of the molecule is N#C/C(=C\c1ccc(O)cc1)C(=O)NCC(=O)N1CCOCC1. The molecule has 0 bridgehead atoms. The Morgan fingerprint density at radius 3 is 2.57 bits per heavy atom. The molecule has 0 unspecified atom stereocenters. The van der Waals surface area contributed by atoms with E-state index in [1.54, 1.807) is 17.0 Å². The molecule has 2 N–H and O–H groups in total. The van der Waals surface area contributed by atoms with Crippen LogP contribution in [0.1, 0.15) is 5.56 Å². The van der Waals surface area contributed by atoms with Crippen molar-refractivity contribution in [1.29, 1.82) is 5.26 Å². The van der Waals surface area contributed by atoms with E-state index in [1.807, 2.05) is 6.07 Å². The smallest absolute Gasteiger partial charge is 0.262 e. The summed E-state index contributed by atoms with van der Waals surface area (Å²) in [5.74, 6) is -0.716. The van der Waals surface area contributed by atoms with E-state index in [0.29, 0.717) is 31.9 Å². The molecule has 1 aromatic rings. The van der Waals surface area contributed by atoms with Gasteiger partial charge in [0.05, 0.1) is 19.8 Å². The predicted octanol–water partition coefficient (Wildman–Crippen LogP) is 0.274. The summed E-state index contributed by atoms with van der Waals surface area (Å²) < 4.78 is 5.15. The number of carbonyl (C=O) groups is 2. The average molecular weight is 315 g/mol. The molecular weight excluding hydrogens is 298 g/mol. The second-order valence-corrected chi connectivity index (χ2v) is 4.94. The fourth-order valence-corrected chi connectivity index (χ4v) is 2.06. The van der Waals surface area contributed by atoms with Gasteiger partial charge in [0.25, 0.3) is 5.91 Å². The van der Waals surface area contributed by atoms with Crippen LogP contribution in [-0.2, 0) is 14.3 Å². The molecule has 0 aliphatic carbocycles. The lowest BCUT2D eigenvalue weighted by molar-refractivity contribution is -0.135. The highest BCUT2D eigenvalue weighted by atomic mass is 16.5. The molecule has 120 valence electrons. The third-order valence-electron chi connectivity index (χ3n) is 3.33. The van der Waals surface area contributed by atoms with Crippen molar-refractivity contribution in [1.82, 2.24) is 10.2 Å². The Morgan fingerprint density at radius 2 is 1.96 bits per heavy atom. The molecule has 1 heterocycles. The Labute approximate surface area is 133 Å². The van der Waals surface area contributed by atoms with Gasteiger partial charge in [0.15, 0.2) is 0 Å². The molecule has 1 aliphatic heterocycles. The third kappa shape index (κ3) is 4.83. The maximum atomic E-state index is 12.0. The van der Waals surface area contributed by atoms with Gasteiger partial charge in [-0.2, -0.15) is 5.26 Å². The highest BCUT2D eigenvalue weighted by molar-refractivity contribution is 6.03. The molecule has 0 radical (unpaired) electrons. The van der Waals surface area contributed by atoms with Crippen molar-refractivity contribution < 1.29 is 19.4 Å². The molecule has 0 atom stereocenters. The van der Waals surface area contributed by atoms with Crippen molar-refractivity contribution in [2.24, 2.45) is 0 Å². The van der Waals surface area contributed by atoms with E-state index in [9.17, 15) is 14.7 Å². The number of benzene rings is 1. The standard InChI is InChI=1S/C16H17N3O4/c17-10-13(9-12-1-3-14(20)4-2-12)16(22)18-11-15(21)19-5-7-23-8-6-19/h1-4,9,20H,5-8,11H2,(H,18,22)/b13-9+. The van der Waals surface area contributed by atoms with Crippen molar-refractivity contribution in [3.05, 3.63) is 35.4 Å². The average Bonchev–Trinajstić information content (AvgIpc) is 2.59. The van der Waals surface area contributed by atoms with Crippen LogP contribution in [-0.4, -0.2) is 54.7 Å². The largest absolute Gasteiger partial charge is 0.508 e. The monoisotopic (exact) mass is 315 g/mol. The van der Waals surface area contributed by atoms with Gasteiger partial charge in [-0.1, -0.05) is 12.1 Å². The number of rotatable bonds is 4. The molecule has 23 heavy (non-hydrogen) atoms. The van der Waals surface area contributed by atoms with Crippen LogP contribution >= 0.6 is 0 Å². The van der Waals surface area contributed by atoms with E-state index in [4.69, 9.17) is 10.00 Å². The second kappa shape index (κ2) is 7.96. The van der Waals surface area contributed by atoms with Crippen molar-refractivity contribution in [2.75, 3.05) is 32.8 Å². The van der Waals surface area contributed by atoms with Gasteiger partial charge in [-0.15, -0.1) is 0 Å². The summed E-state index contributed by atoms with van der Waals surface area (Å²) in [6.45, 7) is 1.83. The Morgan fingerprint density at radius 1 is 1.30 bits per heavy atom. The van der Waals surface area contributed by atoms with Crippen molar-refractivity contribution >= 4 is 17.9 Å². The first-order valence-corrected chi connectivity index (χ1v) is 7.14. The van der Waals surface area contributed by atoms with Crippen LogP contribution in [0.5, 0.6) is 5.75 Å². The molecule has 2 rings (SSSR count). The van der Waals surface area contributed by atoms with Crippen LogP contribution in [0.4, 0.5) is 0 Å². The number of hydrogen-bond donors (Lipinski definition) is 2. The number of phenols is 1. The number of phenolic OH excluding ortho intramolecular Hbond substituents is 1. The van der Waals surface area contributed by atoms with E-state index in [0.717, 1.165) is 0 Å². The van der Waals surface area contributed by atoms with Gasteiger partial charge in [0.2, 0.25) is 5.91 Å². The maximum Gasteiger partial charge on any atom is 0.262 e. The number of hydrogen-bond acceptors (Lipinski definition) is 5. The fraction of sp³-hybridized carbons (Fsp3) is 0.312. The van der Waals surface area contributed by atoms with Gasteiger partial charge in [-0.3, -0.25) is 9.59 Å². The molecule has 1 saturated heterocycles. The highest BCUT2D eigenvalue weighted by Crippen LogP contribution is 2.12. The van der Waals surface area contributed by atoms with E-state index in [1.165, 1.54) is 18.2 Å². The fourth-order valence-electron chi connectivity index (χ4n) is 2.06. The zero-order valence-electron chi connectivity index (χ0n) is 12.5. The molecule has 1 aromatic carbocycles. The van der Waals surface area contributed by atoms with E-state index < -0.39 is 5.91 Å². The van der Waals surface area contributed by atoms with E-state index in [-0.39, 0.29) is 23.8 Å².